The topological polar surface area (TPSA) is 22.1 Å². The van der Waals surface area contributed by atoms with Gasteiger partial charge in [0.15, 0.2) is 0 Å². The van der Waals surface area contributed by atoms with Gasteiger partial charge in [-0.2, -0.15) is 0 Å². The molecule has 0 saturated heterocycles. The quantitative estimate of drug-likeness (QED) is 0.259. The van der Waals surface area contributed by atoms with E-state index in [0.29, 0.717) is 5.92 Å². The van der Waals surface area contributed by atoms with Crippen LogP contribution in [-0.2, 0) is 6.42 Å². The summed E-state index contributed by atoms with van der Waals surface area (Å²) < 4.78 is 5.90. The van der Waals surface area contributed by atoms with Gasteiger partial charge in [-0.15, -0.1) is 0 Å². The molecule has 0 aliphatic heterocycles. The molecule has 0 bridgehead atoms. The van der Waals surface area contributed by atoms with Crippen molar-refractivity contribution in [3.8, 4) is 5.75 Å². The van der Waals surface area contributed by atoms with Gasteiger partial charge in [0.2, 0.25) is 0 Å². The largest absolute Gasteiger partial charge is 0.494 e. The summed E-state index contributed by atoms with van der Waals surface area (Å²) in [5, 5.41) is 0. The summed E-state index contributed by atoms with van der Waals surface area (Å²) in [6.07, 6.45) is 17.6. The van der Waals surface area contributed by atoms with E-state index in [1.54, 1.807) is 0 Å². The van der Waals surface area contributed by atoms with Gasteiger partial charge in [-0.25, -0.2) is 0 Å². The summed E-state index contributed by atoms with van der Waals surface area (Å²) >= 11 is 0. The molecule has 0 fully saturated rings. The number of rotatable bonds is 16. The van der Waals surface area contributed by atoms with E-state index in [1.165, 1.54) is 75.3 Å². The average molecular weight is 410 g/mol. The van der Waals surface area contributed by atoms with Crippen molar-refractivity contribution in [2.75, 3.05) is 6.61 Å². The average Bonchev–Trinajstić information content (AvgIpc) is 2.79. The lowest BCUT2D eigenvalue weighted by atomic mass is 9.96. The van der Waals surface area contributed by atoms with Crippen molar-refractivity contribution >= 4 is 0 Å². The van der Waals surface area contributed by atoms with Crippen LogP contribution in [-0.4, -0.2) is 11.6 Å². The van der Waals surface area contributed by atoms with E-state index in [0.717, 1.165) is 30.9 Å². The molecule has 1 atom stereocenters. The second kappa shape index (κ2) is 15.0. The number of ether oxygens (including phenoxy) is 1. The number of hydrogen-bond donors (Lipinski definition) is 0. The molecule has 0 radical (unpaired) electrons. The van der Waals surface area contributed by atoms with E-state index < -0.39 is 0 Å². The van der Waals surface area contributed by atoms with Crippen molar-refractivity contribution in [2.24, 2.45) is 0 Å². The maximum atomic E-state index is 5.90. The third-order valence-corrected chi connectivity index (χ3v) is 6.01. The van der Waals surface area contributed by atoms with Crippen LogP contribution < -0.4 is 4.74 Å². The first kappa shape index (κ1) is 24.4. The number of aryl methyl sites for hydroxylation is 1. The van der Waals surface area contributed by atoms with Gasteiger partial charge in [-0.1, -0.05) is 96.8 Å². The maximum Gasteiger partial charge on any atom is 0.119 e. The van der Waals surface area contributed by atoms with Crippen LogP contribution in [0, 0.1) is 0 Å². The second-order valence-electron chi connectivity index (χ2n) is 8.66. The minimum Gasteiger partial charge on any atom is -0.494 e. The van der Waals surface area contributed by atoms with Crippen molar-refractivity contribution < 1.29 is 4.74 Å². The van der Waals surface area contributed by atoms with Gasteiger partial charge in [-0.05, 0) is 48.6 Å². The smallest absolute Gasteiger partial charge is 0.119 e. The lowest BCUT2D eigenvalue weighted by Crippen LogP contribution is -2.01. The molecular weight excluding hydrogens is 366 g/mol. The Balaban J connectivity index is 1.74. The van der Waals surface area contributed by atoms with Crippen molar-refractivity contribution in [2.45, 2.75) is 104 Å². The Morgan fingerprint density at radius 2 is 1.37 bits per heavy atom. The molecular formula is C28H43NO. The Kier molecular flexibility index (Phi) is 12.3. The monoisotopic (exact) mass is 409 g/mol. The number of benzene rings is 1. The van der Waals surface area contributed by atoms with Gasteiger partial charge in [0.1, 0.15) is 5.75 Å². The molecule has 0 amide bonds. The third-order valence-electron chi connectivity index (χ3n) is 6.01. The summed E-state index contributed by atoms with van der Waals surface area (Å²) in [7, 11) is 0. The molecule has 1 aromatic heterocycles. The summed E-state index contributed by atoms with van der Waals surface area (Å²) in [5.41, 5.74) is 3.80. The van der Waals surface area contributed by atoms with E-state index in [9.17, 15) is 0 Å². The second-order valence-corrected chi connectivity index (χ2v) is 8.66. The number of unbranched alkanes of at least 4 members (excludes halogenated alkanes) is 9. The fourth-order valence-corrected chi connectivity index (χ4v) is 3.87. The highest BCUT2D eigenvalue weighted by Gasteiger charge is 2.10. The third kappa shape index (κ3) is 9.32. The summed E-state index contributed by atoms with van der Waals surface area (Å²) in [6, 6.07) is 13.0. The van der Waals surface area contributed by atoms with E-state index >= 15 is 0 Å². The van der Waals surface area contributed by atoms with Crippen molar-refractivity contribution in [3.63, 3.8) is 0 Å². The molecule has 1 unspecified atom stereocenters. The van der Waals surface area contributed by atoms with Gasteiger partial charge in [0.25, 0.3) is 0 Å². The zero-order chi connectivity index (χ0) is 21.4. The van der Waals surface area contributed by atoms with Crippen molar-refractivity contribution in [1.29, 1.82) is 0 Å². The van der Waals surface area contributed by atoms with Crippen LogP contribution in [0.4, 0.5) is 0 Å². The Morgan fingerprint density at radius 3 is 2.00 bits per heavy atom. The van der Waals surface area contributed by atoms with Crippen LogP contribution in [0.5, 0.6) is 5.75 Å². The molecule has 2 nitrogen and oxygen atoms in total. The molecule has 2 aromatic rings. The lowest BCUT2D eigenvalue weighted by Gasteiger charge is -2.13. The first-order valence-electron chi connectivity index (χ1n) is 12.4. The predicted molar refractivity (Wildman–Crippen MR) is 130 cm³/mol. The Labute approximate surface area is 185 Å². The van der Waals surface area contributed by atoms with Gasteiger partial charge in [0, 0.05) is 17.8 Å². The predicted octanol–water partition coefficient (Wildman–Crippen LogP) is 8.49. The Morgan fingerprint density at radius 1 is 0.733 bits per heavy atom. The van der Waals surface area contributed by atoms with Crippen LogP contribution in [0.15, 0.2) is 42.6 Å². The molecule has 166 valence electrons. The molecule has 0 spiro atoms. The number of nitrogens with zero attached hydrogens (tertiary/aromatic N) is 1. The number of hydrogen-bond acceptors (Lipinski definition) is 2. The highest BCUT2D eigenvalue weighted by atomic mass is 16.5. The SMILES string of the molecule is CCCCCCCCc1ccc(C(C)c2ccc(OCCCCCCC)cc2)nc1. The highest BCUT2D eigenvalue weighted by Crippen LogP contribution is 2.25. The Hall–Kier alpha value is -1.83. The molecule has 2 heteroatoms. The van der Waals surface area contributed by atoms with Crippen LogP contribution in [0.3, 0.4) is 0 Å². The molecule has 1 heterocycles. The van der Waals surface area contributed by atoms with E-state index in [-0.39, 0.29) is 0 Å². The molecule has 30 heavy (non-hydrogen) atoms. The lowest BCUT2D eigenvalue weighted by molar-refractivity contribution is 0.304. The zero-order valence-corrected chi connectivity index (χ0v) is 19.7. The summed E-state index contributed by atoms with van der Waals surface area (Å²) in [4.78, 5) is 4.76. The molecule has 0 saturated carbocycles. The summed E-state index contributed by atoms with van der Waals surface area (Å²) in [6.45, 7) is 7.58. The maximum absolute atomic E-state index is 5.90. The minimum absolute atomic E-state index is 0.302. The standard InChI is InChI=1S/C28H43NO/c1-4-6-8-10-11-13-15-25-16-21-28(29-23-25)24(3)26-17-19-27(20-18-26)30-22-14-12-9-7-5-2/h16-21,23-24H,4-15,22H2,1-3H3. The normalized spacial score (nSPS) is 12.1. The molecule has 2 rings (SSSR count). The first-order valence-corrected chi connectivity index (χ1v) is 12.4. The highest BCUT2D eigenvalue weighted by molar-refractivity contribution is 5.33. The van der Waals surface area contributed by atoms with E-state index in [2.05, 4.69) is 63.4 Å². The van der Waals surface area contributed by atoms with Gasteiger partial charge in [-0.3, -0.25) is 4.98 Å². The van der Waals surface area contributed by atoms with Crippen LogP contribution >= 0.6 is 0 Å². The first-order chi connectivity index (χ1) is 14.7. The Bertz CT molecular complexity index is 603. The molecule has 0 N–H and O–H groups in total. The van der Waals surface area contributed by atoms with Gasteiger partial charge >= 0.3 is 0 Å². The van der Waals surface area contributed by atoms with Gasteiger partial charge < -0.3 is 4.74 Å². The minimum atomic E-state index is 0.302. The van der Waals surface area contributed by atoms with Gasteiger partial charge in [0.05, 0.1) is 6.61 Å². The number of aromatic nitrogens is 1. The van der Waals surface area contributed by atoms with E-state index in [4.69, 9.17) is 9.72 Å². The zero-order valence-electron chi connectivity index (χ0n) is 19.7. The van der Waals surface area contributed by atoms with Crippen molar-refractivity contribution in [3.05, 3.63) is 59.4 Å². The summed E-state index contributed by atoms with van der Waals surface area (Å²) in [5.74, 6) is 1.28. The fraction of sp³-hybridized carbons (Fsp3) is 0.607. The molecule has 1 aromatic carbocycles. The van der Waals surface area contributed by atoms with Crippen LogP contribution in [0.25, 0.3) is 0 Å². The number of pyridine rings is 1. The fourth-order valence-electron chi connectivity index (χ4n) is 3.87. The molecule has 0 aliphatic rings. The van der Waals surface area contributed by atoms with Crippen LogP contribution in [0.1, 0.15) is 114 Å². The van der Waals surface area contributed by atoms with Crippen molar-refractivity contribution in [1.82, 2.24) is 4.98 Å². The van der Waals surface area contributed by atoms with E-state index in [1.807, 2.05) is 0 Å². The van der Waals surface area contributed by atoms with Crippen LogP contribution in [0.2, 0.25) is 0 Å². The molecule has 0 aliphatic carbocycles.